The van der Waals surface area contributed by atoms with Crippen LogP contribution in [0.1, 0.15) is 36.5 Å². The Labute approximate surface area is 240 Å². The van der Waals surface area contributed by atoms with Crippen molar-refractivity contribution in [1.29, 1.82) is 0 Å². The Morgan fingerprint density at radius 3 is 2.23 bits per heavy atom. The number of hydrogen-bond acceptors (Lipinski definition) is 4. The molecule has 7 nitrogen and oxygen atoms in total. The van der Waals surface area contributed by atoms with Gasteiger partial charge in [0.2, 0.25) is 21.8 Å². The summed E-state index contributed by atoms with van der Waals surface area (Å²) in [4.78, 5) is 28.6. The number of benzene rings is 3. The average Bonchev–Trinajstić information content (AvgIpc) is 2.89. The largest absolute Gasteiger partial charge is 0.355 e. The van der Waals surface area contributed by atoms with Crippen molar-refractivity contribution in [1.82, 2.24) is 10.2 Å². The number of rotatable bonds is 13. The molecule has 0 spiro atoms. The third kappa shape index (κ3) is 9.21. The molecule has 3 aromatic carbocycles. The first-order valence-corrected chi connectivity index (χ1v) is 15.6. The Kier molecular flexibility index (Phi) is 11.1. The van der Waals surface area contributed by atoms with Crippen molar-refractivity contribution in [3.05, 3.63) is 100 Å². The van der Waals surface area contributed by atoms with Gasteiger partial charge in [0.15, 0.2) is 0 Å². The molecule has 0 radical (unpaired) electrons. The molecule has 2 amide bonds. The van der Waals surface area contributed by atoms with E-state index in [1.807, 2.05) is 80.6 Å². The van der Waals surface area contributed by atoms with Crippen LogP contribution in [0.15, 0.2) is 83.3 Å². The molecular weight excluding hydrogens is 578 g/mol. The van der Waals surface area contributed by atoms with Gasteiger partial charge in [-0.3, -0.25) is 13.9 Å². The van der Waals surface area contributed by atoms with Crippen molar-refractivity contribution < 1.29 is 18.0 Å². The smallest absolute Gasteiger partial charge is 0.243 e. The van der Waals surface area contributed by atoms with Gasteiger partial charge >= 0.3 is 0 Å². The number of carbonyl (C=O) groups is 2. The minimum absolute atomic E-state index is 0.0938. The summed E-state index contributed by atoms with van der Waals surface area (Å²) in [5.41, 5.74) is 3.42. The summed E-state index contributed by atoms with van der Waals surface area (Å²) in [6, 6.07) is 23.8. The molecule has 1 N–H and O–H groups in total. The highest BCUT2D eigenvalue weighted by molar-refractivity contribution is 9.10. The van der Waals surface area contributed by atoms with Crippen LogP contribution in [-0.4, -0.2) is 50.5 Å². The van der Waals surface area contributed by atoms with E-state index in [4.69, 9.17) is 0 Å². The Morgan fingerprint density at radius 2 is 1.62 bits per heavy atom. The minimum Gasteiger partial charge on any atom is -0.355 e. The predicted molar refractivity (Wildman–Crippen MR) is 160 cm³/mol. The van der Waals surface area contributed by atoms with Crippen molar-refractivity contribution in [3.8, 4) is 0 Å². The third-order valence-electron chi connectivity index (χ3n) is 6.34. The second-order valence-corrected chi connectivity index (χ2v) is 12.3. The van der Waals surface area contributed by atoms with Crippen molar-refractivity contribution in [2.75, 3.05) is 23.7 Å². The molecule has 39 heavy (non-hydrogen) atoms. The van der Waals surface area contributed by atoms with Crippen molar-refractivity contribution >= 4 is 43.5 Å². The zero-order valence-electron chi connectivity index (χ0n) is 22.6. The molecule has 9 heteroatoms. The number of likely N-dealkylation sites (N-methyl/N-ethyl adjacent to an activating group) is 1. The van der Waals surface area contributed by atoms with Crippen LogP contribution >= 0.6 is 15.9 Å². The lowest BCUT2D eigenvalue weighted by Gasteiger charge is -2.32. The Balaban J connectivity index is 1.85. The summed E-state index contributed by atoms with van der Waals surface area (Å²) < 4.78 is 27.3. The number of nitrogens with zero attached hydrogens (tertiary/aromatic N) is 2. The van der Waals surface area contributed by atoms with E-state index in [-0.39, 0.29) is 31.3 Å². The topological polar surface area (TPSA) is 86.8 Å². The molecule has 1 atom stereocenters. The third-order valence-corrected chi connectivity index (χ3v) is 8.03. The molecule has 0 unspecified atom stereocenters. The molecule has 3 rings (SSSR count). The van der Waals surface area contributed by atoms with E-state index < -0.39 is 16.1 Å². The molecular formula is C30H36BrN3O4S. The first-order chi connectivity index (χ1) is 18.6. The van der Waals surface area contributed by atoms with Crippen molar-refractivity contribution in [2.45, 2.75) is 45.7 Å². The zero-order chi connectivity index (χ0) is 28.4. The van der Waals surface area contributed by atoms with Gasteiger partial charge in [0.25, 0.3) is 0 Å². The first kappa shape index (κ1) is 30.4. The normalized spacial score (nSPS) is 12.0. The fraction of sp³-hybridized carbons (Fsp3) is 0.333. The highest BCUT2D eigenvalue weighted by atomic mass is 79.9. The zero-order valence-corrected chi connectivity index (χ0v) is 25.0. The van der Waals surface area contributed by atoms with Crippen LogP contribution in [0.2, 0.25) is 0 Å². The summed E-state index contributed by atoms with van der Waals surface area (Å²) in [5.74, 6) is -0.429. The number of halogens is 1. The maximum atomic E-state index is 13.8. The summed E-state index contributed by atoms with van der Waals surface area (Å²) in [7, 11) is -3.54. The second-order valence-electron chi connectivity index (χ2n) is 9.53. The van der Waals surface area contributed by atoms with Crippen LogP contribution in [0.25, 0.3) is 0 Å². The molecule has 0 fully saturated rings. The van der Waals surface area contributed by atoms with Crippen LogP contribution in [0, 0.1) is 6.92 Å². The number of hydrogen-bond donors (Lipinski definition) is 1. The van der Waals surface area contributed by atoms with Gasteiger partial charge in [-0.1, -0.05) is 76.1 Å². The molecule has 3 aromatic rings. The highest BCUT2D eigenvalue weighted by Crippen LogP contribution is 2.21. The van der Waals surface area contributed by atoms with E-state index in [9.17, 15) is 18.0 Å². The number of sulfonamides is 1. The van der Waals surface area contributed by atoms with Crippen LogP contribution in [0.5, 0.6) is 0 Å². The first-order valence-electron chi connectivity index (χ1n) is 13.0. The Hall–Kier alpha value is -3.17. The molecule has 0 bridgehead atoms. The quantitative estimate of drug-likeness (QED) is 0.291. The maximum Gasteiger partial charge on any atom is 0.243 e. The van der Waals surface area contributed by atoms with E-state index in [0.717, 1.165) is 21.2 Å². The lowest BCUT2D eigenvalue weighted by Crippen LogP contribution is -2.50. The Morgan fingerprint density at radius 1 is 0.949 bits per heavy atom. The van der Waals surface area contributed by atoms with Crippen molar-refractivity contribution in [2.24, 2.45) is 0 Å². The van der Waals surface area contributed by atoms with Crippen LogP contribution < -0.4 is 9.62 Å². The number of nitrogens with one attached hydrogen (secondary N) is 1. The fourth-order valence-corrected chi connectivity index (χ4v) is 5.81. The summed E-state index contributed by atoms with van der Waals surface area (Å²) in [6.45, 7) is 4.64. The molecule has 0 aromatic heterocycles. The average molecular weight is 615 g/mol. The number of anilines is 1. The molecule has 0 heterocycles. The van der Waals surface area contributed by atoms with Crippen LogP contribution in [0.4, 0.5) is 5.69 Å². The minimum atomic E-state index is -3.54. The van der Waals surface area contributed by atoms with Gasteiger partial charge in [-0.2, -0.15) is 0 Å². The molecule has 208 valence electrons. The van der Waals surface area contributed by atoms with Gasteiger partial charge in [0.1, 0.15) is 6.04 Å². The molecule has 0 saturated carbocycles. The molecule has 0 aliphatic rings. The van der Waals surface area contributed by atoms with Gasteiger partial charge in [0, 0.05) is 36.9 Å². The van der Waals surface area contributed by atoms with Gasteiger partial charge < -0.3 is 10.2 Å². The van der Waals surface area contributed by atoms with E-state index >= 15 is 0 Å². The number of amides is 2. The van der Waals surface area contributed by atoms with Gasteiger partial charge in [-0.05, 0) is 55.7 Å². The van der Waals surface area contributed by atoms with Gasteiger partial charge in [-0.15, -0.1) is 0 Å². The fourth-order valence-electron chi connectivity index (χ4n) is 4.39. The van der Waals surface area contributed by atoms with Crippen LogP contribution in [-0.2, 0) is 32.6 Å². The molecule has 0 saturated heterocycles. The van der Waals surface area contributed by atoms with Crippen molar-refractivity contribution in [3.63, 3.8) is 0 Å². The van der Waals surface area contributed by atoms with Crippen LogP contribution in [0.3, 0.4) is 0 Å². The lowest BCUT2D eigenvalue weighted by atomic mass is 10.0. The maximum absolute atomic E-state index is 13.8. The summed E-state index contributed by atoms with van der Waals surface area (Å²) in [5, 5.41) is 2.89. The lowest BCUT2D eigenvalue weighted by molar-refractivity contribution is -0.141. The molecule has 0 aliphatic carbocycles. The van der Waals surface area contributed by atoms with Gasteiger partial charge in [-0.25, -0.2) is 8.42 Å². The Bertz CT molecular complexity index is 1350. The SMILES string of the molecule is CCNC(=O)[C@H](Cc1ccccc1)N(Cc1cccc(Br)c1)C(=O)CCCN(c1ccc(C)cc1)S(C)(=O)=O. The summed E-state index contributed by atoms with van der Waals surface area (Å²) >= 11 is 3.49. The van der Waals surface area contributed by atoms with E-state index in [0.29, 0.717) is 25.1 Å². The van der Waals surface area contributed by atoms with Gasteiger partial charge in [0.05, 0.1) is 11.9 Å². The number of aryl methyl sites for hydroxylation is 1. The molecule has 0 aliphatic heterocycles. The monoisotopic (exact) mass is 613 g/mol. The summed E-state index contributed by atoms with van der Waals surface area (Å²) in [6.07, 6.45) is 1.93. The van der Waals surface area contributed by atoms with E-state index in [1.165, 1.54) is 10.6 Å². The van der Waals surface area contributed by atoms with E-state index in [2.05, 4.69) is 21.2 Å². The highest BCUT2D eigenvalue weighted by Gasteiger charge is 2.30. The predicted octanol–water partition coefficient (Wildman–Crippen LogP) is 5.08. The number of carbonyl (C=O) groups excluding carboxylic acids is 2. The standard InChI is InChI=1S/C30H36BrN3O4S/c1-4-32-30(36)28(21-24-10-6-5-7-11-24)33(22-25-12-8-13-26(31)20-25)29(35)14-9-19-34(39(3,37)38)27-17-15-23(2)16-18-27/h5-8,10-13,15-18,20,28H,4,9,14,19,21-22H2,1-3H3,(H,32,36)/t28-/m0/s1. The second kappa shape index (κ2) is 14.3. The van der Waals surface area contributed by atoms with E-state index in [1.54, 1.807) is 17.0 Å².